The van der Waals surface area contributed by atoms with Crippen molar-refractivity contribution in [3.05, 3.63) is 41.7 Å². The zero-order valence-electron chi connectivity index (χ0n) is 9.93. The summed E-state index contributed by atoms with van der Waals surface area (Å²) in [6.07, 6.45) is 1.45. The third kappa shape index (κ3) is 2.37. The lowest BCUT2D eigenvalue weighted by molar-refractivity contribution is 0.0990. The highest BCUT2D eigenvalue weighted by molar-refractivity contribution is 6.01. The van der Waals surface area contributed by atoms with Crippen molar-refractivity contribution in [1.29, 1.82) is 0 Å². The molecule has 18 heavy (non-hydrogen) atoms. The summed E-state index contributed by atoms with van der Waals surface area (Å²) in [7, 11) is 0. The Balaban J connectivity index is 2.25. The summed E-state index contributed by atoms with van der Waals surface area (Å²) in [4.78, 5) is 16.0. The molecule has 6 heteroatoms. The Hall–Kier alpha value is -2.24. The number of carbonyl (C=O) groups excluding carboxylic acids is 1. The van der Waals surface area contributed by atoms with Gasteiger partial charge in [-0.05, 0) is 25.1 Å². The summed E-state index contributed by atoms with van der Waals surface area (Å²) in [5.74, 6) is -0.203. The number of nitrogen functional groups attached to an aromatic ring is 1. The van der Waals surface area contributed by atoms with E-state index >= 15 is 0 Å². The monoisotopic (exact) mass is 248 g/mol. The van der Waals surface area contributed by atoms with Crippen LogP contribution in [0.4, 0.5) is 10.1 Å². The Labute approximate surface area is 103 Å². The molecule has 0 spiro atoms. The quantitative estimate of drug-likeness (QED) is 0.656. The minimum Gasteiger partial charge on any atom is -0.398 e. The first-order chi connectivity index (χ1) is 8.61. The van der Waals surface area contributed by atoms with Crippen molar-refractivity contribution in [3.63, 3.8) is 0 Å². The van der Waals surface area contributed by atoms with Crippen molar-refractivity contribution >= 4 is 11.5 Å². The molecule has 0 unspecified atom stereocenters. The molecule has 0 bridgehead atoms. The molecule has 0 aliphatic rings. The second kappa shape index (κ2) is 4.95. The summed E-state index contributed by atoms with van der Waals surface area (Å²) in [5.41, 5.74) is 6.11. The molecule has 2 N–H and O–H groups in total. The second-order valence-electron chi connectivity index (χ2n) is 3.82. The number of aromatic nitrogens is 3. The molecule has 2 aromatic rings. The summed E-state index contributed by atoms with van der Waals surface area (Å²) in [6, 6.07) is 3.75. The van der Waals surface area contributed by atoms with Gasteiger partial charge in [0.05, 0.1) is 6.42 Å². The number of halogens is 1. The van der Waals surface area contributed by atoms with Gasteiger partial charge in [0.1, 0.15) is 18.0 Å². The van der Waals surface area contributed by atoms with Gasteiger partial charge in [-0.3, -0.25) is 4.79 Å². The Morgan fingerprint density at radius 1 is 1.50 bits per heavy atom. The molecule has 0 saturated carbocycles. The summed E-state index contributed by atoms with van der Waals surface area (Å²) < 4.78 is 14.7. The number of hydrogen-bond donors (Lipinski definition) is 1. The van der Waals surface area contributed by atoms with Crippen LogP contribution in [0.15, 0.2) is 24.5 Å². The number of ketones is 1. The van der Waals surface area contributed by atoms with E-state index in [0.717, 1.165) is 6.07 Å². The van der Waals surface area contributed by atoms with Crippen LogP contribution >= 0.6 is 0 Å². The molecule has 1 heterocycles. The number of nitrogens with two attached hydrogens (primary N) is 1. The first-order valence-corrected chi connectivity index (χ1v) is 5.56. The molecule has 0 fully saturated rings. The van der Waals surface area contributed by atoms with Crippen LogP contribution < -0.4 is 5.73 Å². The number of Topliss-reactive ketones (excluding diaryl/α,β-unsaturated/α-hetero) is 1. The highest BCUT2D eigenvalue weighted by Crippen LogP contribution is 2.15. The number of rotatable bonds is 4. The molecular weight excluding hydrogens is 235 g/mol. The fourth-order valence-electron chi connectivity index (χ4n) is 1.70. The van der Waals surface area contributed by atoms with Crippen molar-refractivity contribution in [2.45, 2.75) is 19.9 Å². The maximum absolute atomic E-state index is 13.1. The number of carbonyl (C=O) groups is 1. The van der Waals surface area contributed by atoms with Gasteiger partial charge >= 0.3 is 0 Å². The molecule has 0 atom stereocenters. The zero-order valence-corrected chi connectivity index (χ0v) is 9.93. The molecule has 0 amide bonds. The average molecular weight is 248 g/mol. The molecule has 5 nitrogen and oxygen atoms in total. The van der Waals surface area contributed by atoms with Crippen molar-refractivity contribution < 1.29 is 9.18 Å². The predicted molar refractivity (Wildman–Crippen MR) is 64.5 cm³/mol. The Kier molecular flexibility index (Phi) is 3.36. The predicted octanol–water partition coefficient (Wildman–Crippen LogP) is 1.44. The van der Waals surface area contributed by atoms with Gasteiger partial charge in [0.15, 0.2) is 5.78 Å². The van der Waals surface area contributed by atoms with E-state index in [1.54, 1.807) is 4.68 Å². The van der Waals surface area contributed by atoms with Gasteiger partial charge < -0.3 is 5.73 Å². The van der Waals surface area contributed by atoms with Gasteiger partial charge in [0, 0.05) is 17.8 Å². The van der Waals surface area contributed by atoms with Crippen LogP contribution in [0.3, 0.4) is 0 Å². The second-order valence-corrected chi connectivity index (χ2v) is 3.82. The van der Waals surface area contributed by atoms with Gasteiger partial charge in [0.2, 0.25) is 0 Å². The highest BCUT2D eigenvalue weighted by atomic mass is 19.1. The van der Waals surface area contributed by atoms with E-state index < -0.39 is 5.82 Å². The Morgan fingerprint density at radius 3 is 3.00 bits per heavy atom. The third-order valence-corrected chi connectivity index (χ3v) is 2.63. The van der Waals surface area contributed by atoms with Gasteiger partial charge in [-0.2, -0.15) is 5.10 Å². The fraction of sp³-hybridized carbons (Fsp3) is 0.250. The van der Waals surface area contributed by atoms with Gasteiger partial charge in [-0.1, -0.05) is 0 Å². The lowest BCUT2D eigenvalue weighted by Gasteiger charge is -2.05. The van der Waals surface area contributed by atoms with E-state index in [2.05, 4.69) is 10.1 Å². The molecular formula is C12H13FN4O. The van der Waals surface area contributed by atoms with Crippen LogP contribution in [-0.2, 0) is 13.0 Å². The molecule has 1 aromatic heterocycles. The Morgan fingerprint density at radius 2 is 2.28 bits per heavy atom. The number of aryl methyl sites for hydroxylation is 1. The van der Waals surface area contributed by atoms with E-state index in [-0.39, 0.29) is 23.5 Å². The van der Waals surface area contributed by atoms with E-state index in [0.29, 0.717) is 12.4 Å². The molecule has 94 valence electrons. The molecule has 0 saturated heterocycles. The highest BCUT2D eigenvalue weighted by Gasteiger charge is 2.14. The molecule has 0 aliphatic carbocycles. The van der Waals surface area contributed by atoms with Crippen molar-refractivity contribution in [2.24, 2.45) is 0 Å². The smallest absolute Gasteiger partial charge is 0.172 e. The molecule has 1 aromatic carbocycles. The number of anilines is 1. The maximum Gasteiger partial charge on any atom is 0.172 e. The average Bonchev–Trinajstić information content (AvgIpc) is 2.79. The van der Waals surface area contributed by atoms with E-state index in [9.17, 15) is 9.18 Å². The van der Waals surface area contributed by atoms with Crippen LogP contribution in [0.5, 0.6) is 0 Å². The van der Waals surface area contributed by atoms with Crippen LogP contribution in [0, 0.1) is 5.82 Å². The number of benzene rings is 1. The molecule has 0 aliphatic heterocycles. The Bertz CT molecular complexity index is 579. The van der Waals surface area contributed by atoms with E-state index in [4.69, 9.17) is 5.73 Å². The largest absolute Gasteiger partial charge is 0.398 e. The van der Waals surface area contributed by atoms with Crippen molar-refractivity contribution in [1.82, 2.24) is 14.8 Å². The lowest BCUT2D eigenvalue weighted by Crippen LogP contribution is -2.12. The first kappa shape index (κ1) is 12.2. The summed E-state index contributed by atoms with van der Waals surface area (Å²) in [6.45, 7) is 2.53. The minimum absolute atomic E-state index is 0.0570. The van der Waals surface area contributed by atoms with Gasteiger partial charge in [0.25, 0.3) is 0 Å². The van der Waals surface area contributed by atoms with Crippen LogP contribution in [0.2, 0.25) is 0 Å². The maximum atomic E-state index is 13.1. The molecule has 0 radical (unpaired) electrons. The standard InChI is InChI=1S/C12H13FN4O/c1-2-17-12(15-7-16-17)6-11(18)9-5-8(13)3-4-10(9)14/h3-5,7H,2,6,14H2,1H3. The fourth-order valence-corrected chi connectivity index (χ4v) is 1.70. The topological polar surface area (TPSA) is 73.8 Å². The van der Waals surface area contributed by atoms with Crippen molar-refractivity contribution in [3.8, 4) is 0 Å². The zero-order chi connectivity index (χ0) is 13.1. The normalized spacial score (nSPS) is 10.6. The lowest BCUT2D eigenvalue weighted by atomic mass is 10.1. The summed E-state index contributed by atoms with van der Waals surface area (Å²) in [5, 5.41) is 3.97. The SMILES string of the molecule is CCn1ncnc1CC(=O)c1cc(F)ccc1N. The minimum atomic E-state index is -0.482. The van der Waals surface area contributed by atoms with Gasteiger partial charge in [-0.15, -0.1) is 0 Å². The van der Waals surface area contributed by atoms with Gasteiger partial charge in [-0.25, -0.2) is 14.1 Å². The van der Waals surface area contributed by atoms with Crippen LogP contribution in [0.25, 0.3) is 0 Å². The van der Waals surface area contributed by atoms with Crippen molar-refractivity contribution in [2.75, 3.05) is 5.73 Å². The van der Waals surface area contributed by atoms with Crippen LogP contribution in [0.1, 0.15) is 23.1 Å². The molecule has 2 rings (SSSR count). The summed E-state index contributed by atoms with van der Waals surface area (Å²) >= 11 is 0. The van der Waals surface area contributed by atoms with E-state index in [1.807, 2.05) is 6.92 Å². The first-order valence-electron chi connectivity index (χ1n) is 5.56. The number of hydrogen-bond acceptors (Lipinski definition) is 4. The van der Waals surface area contributed by atoms with E-state index in [1.165, 1.54) is 18.5 Å². The number of nitrogens with zero attached hydrogens (tertiary/aromatic N) is 3. The van der Waals surface area contributed by atoms with Crippen LogP contribution in [-0.4, -0.2) is 20.5 Å². The third-order valence-electron chi connectivity index (χ3n) is 2.63.